The molecule has 0 bridgehead atoms. The molecule has 108 valence electrons. The lowest BCUT2D eigenvalue weighted by molar-refractivity contribution is 0.0383. The van der Waals surface area contributed by atoms with E-state index >= 15 is 0 Å². The zero-order valence-corrected chi connectivity index (χ0v) is 11.3. The Labute approximate surface area is 117 Å². The van der Waals surface area contributed by atoms with E-state index in [0.29, 0.717) is 23.6 Å². The highest BCUT2D eigenvalue weighted by Crippen LogP contribution is 2.32. The van der Waals surface area contributed by atoms with Crippen LogP contribution in [-0.4, -0.2) is 57.0 Å². The van der Waals surface area contributed by atoms with E-state index in [9.17, 15) is 4.79 Å². The van der Waals surface area contributed by atoms with Crippen LogP contribution in [0.15, 0.2) is 18.2 Å². The lowest BCUT2D eigenvalue weighted by Crippen LogP contribution is -2.41. The first kappa shape index (κ1) is 13.2. The number of rotatable bonds is 4. The summed E-state index contributed by atoms with van der Waals surface area (Å²) in [6, 6.07) is 5.23. The molecule has 0 atom stereocenters. The zero-order chi connectivity index (χ0) is 13.8. The van der Waals surface area contributed by atoms with Crippen LogP contribution in [-0.2, 0) is 4.74 Å². The predicted molar refractivity (Wildman–Crippen MR) is 72.2 cm³/mol. The van der Waals surface area contributed by atoms with Gasteiger partial charge in [-0.1, -0.05) is 0 Å². The van der Waals surface area contributed by atoms with E-state index < -0.39 is 0 Å². The summed E-state index contributed by atoms with van der Waals surface area (Å²) in [7, 11) is 0. The van der Waals surface area contributed by atoms with Gasteiger partial charge >= 0.3 is 0 Å². The lowest BCUT2D eigenvalue weighted by Gasteiger charge is -2.26. The van der Waals surface area contributed by atoms with Gasteiger partial charge < -0.3 is 19.5 Å². The second-order valence-electron chi connectivity index (χ2n) is 4.78. The Morgan fingerprint density at radius 1 is 1.20 bits per heavy atom. The van der Waals surface area contributed by atoms with Crippen molar-refractivity contribution in [3.63, 3.8) is 0 Å². The first-order valence-electron chi connectivity index (χ1n) is 6.81. The second-order valence-corrected chi connectivity index (χ2v) is 4.78. The van der Waals surface area contributed by atoms with E-state index in [4.69, 9.17) is 14.2 Å². The van der Waals surface area contributed by atoms with Crippen LogP contribution >= 0.6 is 0 Å². The summed E-state index contributed by atoms with van der Waals surface area (Å²) < 4.78 is 15.8. The highest BCUT2D eigenvalue weighted by Gasteiger charge is 2.16. The number of amides is 1. The van der Waals surface area contributed by atoms with Crippen LogP contribution in [0.3, 0.4) is 0 Å². The van der Waals surface area contributed by atoms with Gasteiger partial charge in [-0.2, -0.15) is 0 Å². The Morgan fingerprint density at radius 2 is 2.00 bits per heavy atom. The van der Waals surface area contributed by atoms with Crippen molar-refractivity contribution in [1.29, 1.82) is 0 Å². The molecular formula is C14H18N2O4. The monoisotopic (exact) mass is 278 g/mol. The Hall–Kier alpha value is -1.79. The van der Waals surface area contributed by atoms with Gasteiger partial charge in [0, 0.05) is 31.7 Å². The highest BCUT2D eigenvalue weighted by atomic mass is 16.7. The average molecular weight is 278 g/mol. The van der Waals surface area contributed by atoms with Crippen molar-refractivity contribution >= 4 is 5.91 Å². The molecule has 2 aliphatic heterocycles. The Bertz CT molecular complexity index is 486. The van der Waals surface area contributed by atoms with E-state index in [1.807, 2.05) is 0 Å². The molecule has 6 heteroatoms. The smallest absolute Gasteiger partial charge is 0.251 e. The molecule has 1 aromatic rings. The Morgan fingerprint density at radius 3 is 2.85 bits per heavy atom. The first-order valence-corrected chi connectivity index (χ1v) is 6.81. The molecule has 1 amide bonds. The number of carbonyl (C=O) groups excluding carboxylic acids is 1. The van der Waals surface area contributed by atoms with Gasteiger partial charge in [-0.05, 0) is 18.2 Å². The molecule has 1 saturated heterocycles. The first-order chi connectivity index (χ1) is 9.83. The summed E-state index contributed by atoms with van der Waals surface area (Å²) in [5.74, 6) is 1.23. The third kappa shape index (κ3) is 3.02. The normalized spacial score (nSPS) is 18.0. The van der Waals surface area contributed by atoms with Crippen LogP contribution in [0.1, 0.15) is 10.4 Å². The van der Waals surface area contributed by atoms with Gasteiger partial charge in [0.05, 0.1) is 13.2 Å². The Balaban J connectivity index is 1.49. The summed E-state index contributed by atoms with van der Waals surface area (Å²) >= 11 is 0. The molecule has 0 aromatic heterocycles. The molecular weight excluding hydrogens is 260 g/mol. The third-order valence-electron chi connectivity index (χ3n) is 3.45. The summed E-state index contributed by atoms with van der Waals surface area (Å²) in [5.41, 5.74) is 0.594. The molecule has 1 fully saturated rings. The van der Waals surface area contributed by atoms with Gasteiger partial charge in [-0.3, -0.25) is 9.69 Å². The number of hydrogen-bond donors (Lipinski definition) is 1. The lowest BCUT2D eigenvalue weighted by atomic mass is 10.2. The number of morpholine rings is 1. The molecule has 0 radical (unpaired) electrons. The van der Waals surface area contributed by atoms with E-state index in [0.717, 1.165) is 32.8 Å². The van der Waals surface area contributed by atoms with E-state index in [1.54, 1.807) is 18.2 Å². The molecule has 2 aliphatic rings. The van der Waals surface area contributed by atoms with Crippen molar-refractivity contribution in [2.75, 3.05) is 46.2 Å². The minimum absolute atomic E-state index is 0.0865. The van der Waals surface area contributed by atoms with E-state index in [2.05, 4.69) is 10.2 Å². The van der Waals surface area contributed by atoms with Gasteiger partial charge in [-0.25, -0.2) is 0 Å². The van der Waals surface area contributed by atoms with Crippen LogP contribution in [0.2, 0.25) is 0 Å². The number of carbonyl (C=O) groups is 1. The molecule has 0 spiro atoms. The SMILES string of the molecule is O=C(NCCN1CCOCC1)c1ccc2c(c1)OCO2. The number of benzene rings is 1. The van der Waals surface area contributed by atoms with Crippen LogP contribution < -0.4 is 14.8 Å². The maximum Gasteiger partial charge on any atom is 0.251 e. The molecule has 20 heavy (non-hydrogen) atoms. The standard InChI is InChI=1S/C14H18N2O4/c17-14(15-3-4-16-5-7-18-8-6-16)11-1-2-12-13(9-11)20-10-19-12/h1-2,9H,3-8,10H2,(H,15,17). The molecule has 0 unspecified atom stereocenters. The van der Waals surface area contributed by atoms with Crippen molar-refractivity contribution in [3.05, 3.63) is 23.8 Å². The fourth-order valence-corrected chi connectivity index (χ4v) is 2.29. The van der Waals surface area contributed by atoms with Crippen LogP contribution in [0, 0.1) is 0 Å². The summed E-state index contributed by atoms with van der Waals surface area (Å²) in [6.07, 6.45) is 0. The molecule has 6 nitrogen and oxygen atoms in total. The third-order valence-corrected chi connectivity index (χ3v) is 3.45. The number of hydrogen-bond acceptors (Lipinski definition) is 5. The minimum atomic E-state index is -0.0865. The summed E-state index contributed by atoms with van der Waals surface area (Å²) in [5, 5.41) is 2.92. The van der Waals surface area contributed by atoms with Crippen molar-refractivity contribution < 1.29 is 19.0 Å². The van der Waals surface area contributed by atoms with Gasteiger partial charge in [0.2, 0.25) is 6.79 Å². The van der Waals surface area contributed by atoms with Crippen LogP contribution in [0.5, 0.6) is 11.5 Å². The van der Waals surface area contributed by atoms with Gasteiger partial charge in [0.15, 0.2) is 11.5 Å². The van der Waals surface area contributed by atoms with E-state index in [1.165, 1.54) is 0 Å². The van der Waals surface area contributed by atoms with Crippen molar-refractivity contribution in [2.45, 2.75) is 0 Å². The summed E-state index contributed by atoms with van der Waals surface area (Å²) in [6.45, 7) is 5.11. The summed E-state index contributed by atoms with van der Waals surface area (Å²) in [4.78, 5) is 14.3. The van der Waals surface area contributed by atoms with Crippen molar-refractivity contribution in [3.8, 4) is 11.5 Å². The topological polar surface area (TPSA) is 60.0 Å². The molecule has 1 aromatic carbocycles. The average Bonchev–Trinajstić information content (AvgIpc) is 2.95. The minimum Gasteiger partial charge on any atom is -0.454 e. The Kier molecular flexibility index (Phi) is 4.03. The predicted octanol–water partition coefficient (Wildman–Crippen LogP) is 0.477. The van der Waals surface area contributed by atoms with Gasteiger partial charge in [0.25, 0.3) is 5.91 Å². The van der Waals surface area contributed by atoms with E-state index in [-0.39, 0.29) is 12.7 Å². The molecule has 0 saturated carbocycles. The van der Waals surface area contributed by atoms with Crippen molar-refractivity contribution in [1.82, 2.24) is 10.2 Å². The molecule has 0 aliphatic carbocycles. The molecule has 2 heterocycles. The maximum absolute atomic E-state index is 12.0. The quantitative estimate of drug-likeness (QED) is 0.868. The highest BCUT2D eigenvalue weighted by molar-refractivity contribution is 5.94. The molecule has 1 N–H and O–H groups in total. The zero-order valence-electron chi connectivity index (χ0n) is 11.3. The van der Waals surface area contributed by atoms with Gasteiger partial charge in [0.1, 0.15) is 0 Å². The van der Waals surface area contributed by atoms with Crippen LogP contribution in [0.25, 0.3) is 0 Å². The largest absolute Gasteiger partial charge is 0.454 e. The molecule has 3 rings (SSSR count). The number of ether oxygens (including phenoxy) is 3. The maximum atomic E-state index is 12.0. The van der Waals surface area contributed by atoms with Gasteiger partial charge in [-0.15, -0.1) is 0 Å². The fourth-order valence-electron chi connectivity index (χ4n) is 2.29. The number of fused-ring (bicyclic) bond motifs is 1. The second kappa shape index (κ2) is 6.11. The van der Waals surface area contributed by atoms with Crippen molar-refractivity contribution in [2.24, 2.45) is 0 Å². The number of nitrogens with zero attached hydrogens (tertiary/aromatic N) is 1. The number of nitrogens with one attached hydrogen (secondary N) is 1. The van der Waals surface area contributed by atoms with Crippen LogP contribution in [0.4, 0.5) is 0 Å². The fraction of sp³-hybridized carbons (Fsp3) is 0.500.